The van der Waals surface area contributed by atoms with Gasteiger partial charge in [0.1, 0.15) is 48.3 Å². The molecule has 0 spiro atoms. The van der Waals surface area contributed by atoms with Crippen LogP contribution in [0.1, 0.15) is 119 Å². The Kier molecular flexibility index (Phi) is 11.0. The fraction of sp³-hybridized carbons (Fsp3) is 1.00. The molecule has 302 valence electrons. The summed E-state index contributed by atoms with van der Waals surface area (Å²) in [5.74, 6) is 2.23. The van der Waals surface area contributed by atoms with Gasteiger partial charge < -0.3 is 56.4 Å². The quantitative estimate of drug-likeness (QED) is 0.157. The number of nitrogens with two attached hydrogens (primary N) is 1. The van der Waals surface area contributed by atoms with E-state index in [4.69, 9.17) is 10.5 Å². The van der Waals surface area contributed by atoms with E-state index >= 15 is 0 Å². The van der Waals surface area contributed by atoms with Crippen LogP contribution in [0.15, 0.2) is 0 Å². The maximum Gasteiger partial charge on any atom is 0.144 e. The first kappa shape index (κ1) is 41.2. The SMILES string of the molecule is CC(C(O)C(O)C(O)C(O)C(O)COC1C(N)C(O)C(O)C1(O)CO)[C@H]1CC[C@]2(C)[C@H]3CC[C@@H]4[C@@]5(C)CCCC(C)(C)[C@@H]5CC[C@@]4(C)[C@]3(C)CC[C@@H]12. The minimum absolute atomic E-state index is 0.110. The summed E-state index contributed by atoms with van der Waals surface area (Å²) in [6.07, 6.45) is -0.232. The van der Waals surface area contributed by atoms with Gasteiger partial charge in [-0.1, -0.05) is 54.9 Å². The predicted octanol–water partition coefficient (Wildman–Crippen LogP) is 2.09. The molecule has 6 aliphatic rings. The highest BCUT2D eigenvalue weighted by Crippen LogP contribution is 2.78. The Hall–Kier alpha value is -0.440. The van der Waals surface area contributed by atoms with Gasteiger partial charge in [0.25, 0.3) is 0 Å². The van der Waals surface area contributed by atoms with E-state index in [9.17, 15) is 46.0 Å². The number of aliphatic hydroxyl groups is 9. The van der Waals surface area contributed by atoms with Gasteiger partial charge in [0.15, 0.2) is 0 Å². The van der Waals surface area contributed by atoms with Crippen LogP contribution in [-0.2, 0) is 4.74 Å². The highest BCUT2D eigenvalue weighted by atomic mass is 16.5. The Bertz CT molecular complexity index is 1290. The van der Waals surface area contributed by atoms with Gasteiger partial charge in [-0.05, 0) is 127 Å². The molecular weight excluding hydrogens is 666 g/mol. The minimum atomic E-state index is -2.30. The number of aliphatic hydroxyl groups excluding tert-OH is 8. The molecule has 0 aromatic heterocycles. The maximum atomic E-state index is 11.5. The average Bonchev–Trinajstić information content (AvgIpc) is 3.52. The van der Waals surface area contributed by atoms with Gasteiger partial charge in [0.05, 0.1) is 25.4 Å². The number of rotatable bonds is 10. The van der Waals surface area contributed by atoms with Crippen molar-refractivity contribution in [2.75, 3.05) is 13.2 Å². The van der Waals surface area contributed by atoms with Crippen LogP contribution in [-0.4, -0.2) is 120 Å². The van der Waals surface area contributed by atoms with E-state index < -0.39 is 73.7 Å². The summed E-state index contributed by atoms with van der Waals surface area (Å²) in [7, 11) is 0. The molecule has 6 aliphatic carbocycles. The molecule has 0 aromatic carbocycles. The largest absolute Gasteiger partial charge is 0.393 e. The van der Waals surface area contributed by atoms with Crippen LogP contribution in [0.25, 0.3) is 0 Å². The summed E-state index contributed by atoms with van der Waals surface area (Å²) in [5.41, 5.74) is 4.97. The van der Waals surface area contributed by atoms with E-state index in [0.717, 1.165) is 37.5 Å². The number of ether oxygens (including phenoxy) is 1. The molecule has 52 heavy (non-hydrogen) atoms. The fourth-order valence-corrected chi connectivity index (χ4v) is 15.1. The first-order valence-corrected chi connectivity index (χ1v) is 20.5. The lowest BCUT2D eigenvalue weighted by Gasteiger charge is -2.73. The van der Waals surface area contributed by atoms with Crippen molar-refractivity contribution in [3.63, 3.8) is 0 Å². The summed E-state index contributed by atoms with van der Waals surface area (Å²) in [4.78, 5) is 0. The highest BCUT2D eigenvalue weighted by Gasteiger charge is 2.70. The molecule has 0 radical (unpaired) electrons. The van der Waals surface area contributed by atoms with Crippen molar-refractivity contribution >= 4 is 0 Å². The average molecular weight is 740 g/mol. The second-order valence-corrected chi connectivity index (χ2v) is 20.6. The van der Waals surface area contributed by atoms with E-state index in [2.05, 4.69) is 41.5 Å². The Morgan fingerprint density at radius 3 is 1.88 bits per heavy atom. The molecule has 11 N–H and O–H groups in total. The van der Waals surface area contributed by atoms with Gasteiger partial charge in [0, 0.05) is 0 Å². The lowest BCUT2D eigenvalue weighted by Crippen LogP contribution is -2.65. The molecule has 0 aliphatic heterocycles. The van der Waals surface area contributed by atoms with Crippen molar-refractivity contribution in [3.05, 3.63) is 0 Å². The number of fused-ring (bicyclic) bond motifs is 7. The second kappa shape index (κ2) is 13.9. The van der Waals surface area contributed by atoms with Crippen LogP contribution in [0, 0.1) is 62.6 Å². The molecule has 0 amide bonds. The van der Waals surface area contributed by atoms with E-state index in [1.54, 1.807) is 0 Å². The summed E-state index contributed by atoms with van der Waals surface area (Å²) in [5, 5.41) is 95.7. The summed E-state index contributed by atoms with van der Waals surface area (Å²) in [6, 6.07) is -1.30. The predicted molar refractivity (Wildman–Crippen MR) is 195 cm³/mol. The van der Waals surface area contributed by atoms with Gasteiger partial charge in [-0.15, -0.1) is 0 Å². The normalized spacial score (nSPS) is 52.0. The molecule has 11 unspecified atom stereocenters. The third-order valence-electron chi connectivity index (χ3n) is 18.2. The van der Waals surface area contributed by atoms with E-state index in [1.807, 2.05) is 6.92 Å². The number of hydrogen-bond acceptors (Lipinski definition) is 11. The summed E-state index contributed by atoms with van der Waals surface area (Å²) >= 11 is 0. The smallest absolute Gasteiger partial charge is 0.144 e. The zero-order chi connectivity index (χ0) is 38.6. The lowest BCUT2D eigenvalue weighted by atomic mass is 9.32. The van der Waals surface area contributed by atoms with Gasteiger partial charge in [-0.2, -0.15) is 0 Å². The third-order valence-corrected chi connectivity index (χ3v) is 18.2. The molecule has 11 nitrogen and oxygen atoms in total. The molecule has 20 atom stereocenters. The molecule has 6 fully saturated rings. The van der Waals surface area contributed by atoms with Crippen LogP contribution in [0.4, 0.5) is 0 Å². The standard InChI is InChI=1S/C41H73NO10/c1-21(29(45)32(48)33(49)30(46)24(44)19-52-35-28(42)31(47)34(50)41(35,51)20-43)22-11-16-37(4)23(22)12-17-39(6)26(37)9-10-27-38(5)15-8-14-36(2,3)25(38)13-18-40(27,39)7/h21-35,43-51H,8-20,42H2,1-7H3/t21?,22-,23+,24?,25+,26-,27-,28?,29?,30?,31?,32?,33?,34?,35?,37+,38+,39-,40-,41?/m1/s1. The maximum absolute atomic E-state index is 11.5. The van der Waals surface area contributed by atoms with Crippen LogP contribution in [0.5, 0.6) is 0 Å². The Labute approximate surface area is 311 Å². The van der Waals surface area contributed by atoms with Crippen molar-refractivity contribution in [3.8, 4) is 0 Å². The zero-order valence-electron chi connectivity index (χ0n) is 32.9. The molecule has 6 saturated carbocycles. The molecule has 11 heteroatoms. The van der Waals surface area contributed by atoms with Crippen LogP contribution in [0.2, 0.25) is 0 Å². The minimum Gasteiger partial charge on any atom is -0.393 e. The van der Waals surface area contributed by atoms with Gasteiger partial charge >= 0.3 is 0 Å². The monoisotopic (exact) mass is 740 g/mol. The van der Waals surface area contributed by atoms with E-state index in [1.165, 1.54) is 44.9 Å². The van der Waals surface area contributed by atoms with Crippen molar-refractivity contribution in [1.82, 2.24) is 0 Å². The van der Waals surface area contributed by atoms with Gasteiger partial charge in [0.2, 0.25) is 0 Å². The second-order valence-electron chi connectivity index (χ2n) is 20.6. The molecular formula is C41H73NO10. The first-order chi connectivity index (χ1) is 24.1. The van der Waals surface area contributed by atoms with Crippen molar-refractivity contribution in [1.29, 1.82) is 0 Å². The molecule has 0 bridgehead atoms. The van der Waals surface area contributed by atoms with Crippen molar-refractivity contribution in [2.24, 2.45) is 68.3 Å². The van der Waals surface area contributed by atoms with Crippen molar-refractivity contribution < 1.29 is 50.7 Å². The summed E-state index contributed by atoms with van der Waals surface area (Å²) < 4.78 is 5.45. The van der Waals surface area contributed by atoms with Gasteiger partial charge in [-0.25, -0.2) is 0 Å². The first-order valence-electron chi connectivity index (χ1n) is 20.5. The molecule has 0 saturated heterocycles. The lowest BCUT2D eigenvalue weighted by molar-refractivity contribution is -0.242. The Morgan fingerprint density at radius 1 is 0.692 bits per heavy atom. The van der Waals surface area contributed by atoms with Crippen molar-refractivity contribution in [2.45, 2.75) is 180 Å². The zero-order valence-corrected chi connectivity index (χ0v) is 32.9. The van der Waals surface area contributed by atoms with E-state index in [-0.39, 0.29) is 28.1 Å². The third kappa shape index (κ3) is 5.83. The topological polar surface area (TPSA) is 217 Å². The fourth-order valence-electron chi connectivity index (χ4n) is 15.1. The number of hydrogen-bond donors (Lipinski definition) is 10. The van der Waals surface area contributed by atoms with E-state index in [0.29, 0.717) is 22.7 Å². The van der Waals surface area contributed by atoms with Crippen LogP contribution < -0.4 is 5.73 Å². The summed E-state index contributed by atoms with van der Waals surface area (Å²) in [6.45, 7) is 15.7. The highest BCUT2D eigenvalue weighted by molar-refractivity contribution is 5.19. The molecule has 0 heterocycles. The van der Waals surface area contributed by atoms with Crippen LogP contribution in [0.3, 0.4) is 0 Å². The Morgan fingerprint density at radius 2 is 1.27 bits per heavy atom. The Balaban J connectivity index is 1.11. The van der Waals surface area contributed by atoms with Gasteiger partial charge in [-0.3, -0.25) is 0 Å². The van der Waals surface area contributed by atoms with Crippen LogP contribution >= 0.6 is 0 Å². The molecule has 6 rings (SSSR count). The molecule has 0 aromatic rings.